The minimum absolute atomic E-state index is 0.102. The molecule has 0 spiro atoms. The first-order valence-electron chi connectivity index (χ1n) is 15.0. The Labute approximate surface area is 258 Å². The van der Waals surface area contributed by atoms with Crippen LogP contribution in [-0.2, 0) is 17.8 Å². The number of rotatable bonds is 13. The van der Waals surface area contributed by atoms with Crippen LogP contribution in [0.3, 0.4) is 0 Å². The molecule has 2 N–H and O–H groups in total. The molecule has 8 heteroatoms. The molecule has 0 aliphatic heterocycles. The van der Waals surface area contributed by atoms with Gasteiger partial charge in [0.05, 0.1) is 16.6 Å². The zero-order valence-corrected chi connectivity index (χ0v) is 26.5. The van der Waals surface area contributed by atoms with Crippen molar-refractivity contribution >= 4 is 39.8 Å². The molecule has 0 bridgehead atoms. The molecule has 4 rings (SSSR count). The largest absolute Gasteiger partial charge is 0.478 e. The highest BCUT2D eigenvalue weighted by Crippen LogP contribution is 2.27. The molecular weight excluding hydrogens is 558 g/mol. The van der Waals surface area contributed by atoms with Crippen LogP contribution in [0.2, 0.25) is 0 Å². The van der Waals surface area contributed by atoms with Crippen molar-refractivity contribution < 1.29 is 19.5 Å². The van der Waals surface area contributed by atoms with Gasteiger partial charge in [-0.2, -0.15) is 0 Å². The van der Waals surface area contributed by atoms with Crippen molar-refractivity contribution in [3.63, 3.8) is 0 Å². The molecule has 0 unspecified atom stereocenters. The summed E-state index contributed by atoms with van der Waals surface area (Å²) in [5, 5.41) is 12.9. The van der Waals surface area contributed by atoms with E-state index in [0.717, 1.165) is 52.8 Å². The Balaban J connectivity index is 1.64. The van der Waals surface area contributed by atoms with Gasteiger partial charge < -0.3 is 15.0 Å². The van der Waals surface area contributed by atoms with E-state index in [9.17, 15) is 19.5 Å². The molecule has 1 heterocycles. The molecule has 4 aromatic rings. The van der Waals surface area contributed by atoms with Crippen LogP contribution in [0.1, 0.15) is 84.6 Å². The summed E-state index contributed by atoms with van der Waals surface area (Å²) in [6, 6.07) is 18.7. The predicted molar refractivity (Wildman–Crippen MR) is 175 cm³/mol. The predicted octanol–water partition coefficient (Wildman–Crippen LogP) is 7.53. The molecule has 43 heavy (non-hydrogen) atoms. The van der Waals surface area contributed by atoms with Gasteiger partial charge in [0.1, 0.15) is 5.82 Å². The Morgan fingerprint density at radius 3 is 2.40 bits per heavy atom. The second-order valence-electron chi connectivity index (χ2n) is 11.4. The number of benzene rings is 3. The average molecular weight is 600 g/mol. The summed E-state index contributed by atoms with van der Waals surface area (Å²) < 4.78 is 2.18. The minimum atomic E-state index is -0.951. The highest BCUT2D eigenvalue weighted by molar-refractivity contribution is 8.13. The molecule has 0 aliphatic rings. The molecule has 0 radical (unpaired) electrons. The summed E-state index contributed by atoms with van der Waals surface area (Å²) in [6.07, 6.45) is 3.01. The third-order valence-corrected chi connectivity index (χ3v) is 8.63. The molecule has 0 saturated carbocycles. The van der Waals surface area contributed by atoms with E-state index < -0.39 is 5.97 Å². The number of thioether (sulfide) groups is 1. The van der Waals surface area contributed by atoms with Crippen LogP contribution in [0.25, 0.3) is 22.2 Å². The smallest absolute Gasteiger partial charge is 0.336 e. The number of hydrogen-bond donors (Lipinski definition) is 2. The number of imidazole rings is 1. The van der Waals surface area contributed by atoms with Crippen LogP contribution < -0.4 is 5.32 Å². The molecular formula is C35H41N3O4S. The molecule has 3 aromatic carbocycles. The molecule has 226 valence electrons. The summed E-state index contributed by atoms with van der Waals surface area (Å²) in [5.74, 6) is 0.808. The van der Waals surface area contributed by atoms with Gasteiger partial charge in [-0.25, -0.2) is 9.78 Å². The van der Waals surface area contributed by atoms with Crippen molar-refractivity contribution in [3.05, 3.63) is 88.7 Å². The van der Waals surface area contributed by atoms with Gasteiger partial charge in [-0.1, -0.05) is 81.9 Å². The summed E-state index contributed by atoms with van der Waals surface area (Å²) in [6.45, 7) is 10.8. The van der Waals surface area contributed by atoms with Gasteiger partial charge in [-0.15, -0.1) is 0 Å². The van der Waals surface area contributed by atoms with Gasteiger partial charge in [0.25, 0.3) is 5.91 Å². The minimum Gasteiger partial charge on any atom is -0.478 e. The molecule has 0 fully saturated rings. The van der Waals surface area contributed by atoms with Crippen molar-refractivity contribution in [1.82, 2.24) is 14.9 Å². The highest BCUT2D eigenvalue weighted by Gasteiger charge is 2.20. The lowest BCUT2D eigenvalue weighted by Gasteiger charge is -2.20. The number of nitrogens with one attached hydrogen (secondary N) is 1. The normalized spacial score (nSPS) is 12.0. The van der Waals surface area contributed by atoms with Crippen LogP contribution in [0.15, 0.2) is 60.7 Å². The van der Waals surface area contributed by atoms with Crippen molar-refractivity contribution in [1.29, 1.82) is 0 Å². The first-order chi connectivity index (χ1) is 20.6. The van der Waals surface area contributed by atoms with Gasteiger partial charge in [-0.3, -0.25) is 9.59 Å². The quantitative estimate of drug-likeness (QED) is 0.165. The SMILES string of the molecule is CCCc1nc2c(C)cc(C(=O)N[C@@H](CSC(=O)CC)CC(C)C)cc2n1Cc1ccc(-c2ccccc2C(=O)O)cc1. The molecule has 7 nitrogen and oxygen atoms in total. The van der Waals surface area contributed by atoms with E-state index in [1.54, 1.807) is 12.1 Å². The number of carboxylic acids is 1. The lowest BCUT2D eigenvalue weighted by molar-refractivity contribution is -0.110. The number of carbonyl (C=O) groups is 3. The van der Waals surface area contributed by atoms with Crippen molar-refractivity contribution in [3.8, 4) is 11.1 Å². The van der Waals surface area contributed by atoms with E-state index in [2.05, 4.69) is 30.7 Å². The van der Waals surface area contributed by atoms with Gasteiger partial charge >= 0.3 is 5.97 Å². The summed E-state index contributed by atoms with van der Waals surface area (Å²) in [4.78, 5) is 42.2. The monoisotopic (exact) mass is 599 g/mol. The fraction of sp³-hybridized carbons (Fsp3) is 0.371. The topological polar surface area (TPSA) is 101 Å². The third-order valence-electron chi connectivity index (χ3n) is 7.45. The van der Waals surface area contributed by atoms with E-state index in [0.29, 0.717) is 35.8 Å². The van der Waals surface area contributed by atoms with E-state index in [-0.39, 0.29) is 22.6 Å². The van der Waals surface area contributed by atoms with Gasteiger partial charge in [-0.05, 0) is 66.1 Å². The van der Waals surface area contributed by atoms with Crippen LogP contribution in [0.4, 0.5) is 0 Å². The summed E-state index contributed by atoms with van der Waals surface area (Å²) in [7, 11) is 0. The summed E-state index contributed by atoms with van der Waals surface area (Å²) >= 11 is 1.29. The van der Waals surface area contributed by atoms with Gasteiger partial charge in [0.2, 0.25) is 0 Å². The Morgan fingerprint density at radius 1 is 1.02 bits per heavy atom. The van der Waals surface area contributed by atoms with E-state index >= 15 is 0 Å². The maximum Gasteiger partial charge on any atom is 0.336 e. The molecule has 1 amide bonds. The molecule has 1 aromatic heterocycles. The van der Waals surface area contributed by atoms with Crippen LogP contribution >= 0.6 is 11.8 Å². The third kappa shape index (κ3) is 7.93. The fourth-order valence-electron chi connectivity index (χ4n) is 5.36. The fourth-order valence-corrected chi connectivity index (χ4v) is 6.17. The van der Waals surface area contributed by atoms with Crippen molar-refractivity contribution in [2.45, 2.75) is 72.9 Å². The molecule has 1 atom stereocenters. The zero-order valence-electron chi connectivity index (χ0n) is 25.6. The Hall–Kier alpha value is -3.91. The Morgan fingerprint density at radius 2 is 1.74 bits per heavy atom. The number of aromatic carboxylic acids is 1. The standard InChI is InChI=1S/C35H41N3O4S/c1-6-10-31-37-33-23(5)18-26(34(40)36-27(17-22(3)4)21-43-32(39)7-2)19-30(33)38(31)20-24-13-15-25(16-14-24)28-11-8-9-12-29(28)35(41)42/h8-9,11-16,18-19,22,27H,6-7,10,17,20-21H2,1-5H3,(H,36,40)(H,41,42)/t27-/m1/s1. The average Bonchev–Trinajstić information content (AvgIpc) is 3.33. The van der Waals surface area contributed by atoms with Crippen LogP contribution in [0.5, 0.6) is 0 Å². The van der Waals surface area contributed by atoms with Crippen LogP contribution in [-0.4, -0.2) is 43.4 Å². The lowest BCUT2D eigenvalue weighted by Crippen LogP contribution is -2.38. The number of carbonyl (C=O) groups excluding carboxylic acids is 2. The Bertz CT molecular complexity index is 1610. The first kappa shape index (κ1) is 32.0. The number of amides is 1. The first-order valence-corrected chi connectivity index (χ1v) is 16.0. The zero-order chi connectivity index (χ0) is 31.1. The Kier molecular flexibility index (Phi) is 10.8. The highest BCUT2D eigenvalue weighted by atomic mass is 32.2. The van der Waals surface area contributed by atoms with Gasteiger partial charge in [0.15, 0.2) is 5.12 Å². The van der Waals surface area contributed by atoms with Crippen LogP contribution in [0, 0.1) is 12.8 Å². The second-order valence-corrected chi connectivity index (χ2v) is 12.5. The number of aromatic nitrogens is 2. The molecule has 0 saturated heterocycles. The maximum absolute atomic E-state index is 13.5. The van der Waals surface area contributed by atoms with Crippen molar-refractivity contribution in [2.24, 2.45) is 5.92 Å². The number of carboxylic acid groups (broad SMARTS) is 1. The number of fused-ring (bicyclic) bond motifs is 1. The lowest BCUT2D eigenvalue weighted by atomic mass is 9.98. The number of hydrogen-bond acceptors (Lipinski definition) is 5. The number of nitrogens with zero attached hydrogens (tertiary/aromatic N) is 2. The maximum atomic E-state index is 13.5. The summed E-state index contributed by atoms with van der Waals surface area (Å²) in [5.41, 5.74) is 6.16. The van der Waals surface area contributed by atoms with E-state index in [4.69, 9.17) is 4.98 Å². The number of aryl methyl sites for hydroxylation is 2. The second kappa shape index (κ2) is 14.5. The van der Waals surface area contributed by atoms with E-state index in [1.807, 2.05) is 62.4 Å². The van der Waals surface area contributed by atoms with E-state index in [1.165, 1.54) is 11.8 Å². The molecule has 0 aliphatic carbocycles. The van der Waals surface area contributed by atoms with Crippen molar-refractivity contribution in [2.75, 3.05) is 5.75 Å². The van der Waals surface area contributed by atoms with Gasteiger partial charge in [0, 0.05) is 36.7 Å².